The first kappa shape index (κ1) is 16.9. The lowest BCUT2D eigenvalue weighted by Crippen LogP contribution is -2.50. The number of aliphatic carboxylic acids is 1. The molecule has 0 spiro atoms. The summed E-state index contributed by atoms with van der Waals surface area (Å²) in [5, 5.41) is 8.73. The van der Waals surface area contributed by atoms with E-state index >= 15 is 0 Å². The van der Waals surface area contributed by atoms with E-state index in [1.807, 2.05) is 4.90 Å². The third-order valence-electron chi connectivity index (χ3n) is 3.40. The monoisotopic (exact) mass is 285 g/mol. The van der Waals surface area contributed by atoms with Crippen LogP contribution in [0.1, 0.15) is 33.6 Å². The topological polar surface area (TPSA) is 86.9 Å². The summed E-state index contributed by atoms with van der Waals surface area (Å²) < 4.78 is 0. The summed E-state index contributed by atoms with van der Waals surface area (Å²) in [7, 11) is 0. The zero-order valence-electron chi connectivity index (χ0n) is 12.8. The number of nitrogens with two attached hydrogens (primary N) is 1. The zero-order valence-corrected chi connectivity index (χ0v) is 12.8. The molecule has 6 nitrogen and oxygen atoms in total. The number of piperazine rings is 1. The van der Waals surface area contributed by atoms with Crippen molar-refractivity contribution in [1.82, 2.24) is 9.80 Å². The van der Waals surface area contributed by atoms with Gasteiger partial charge in [0, 0.05) is 38.6 Å². The van der Waals surface area contributed by atoms with Gasteiger partial charge in [-0.15, -0.1) is 0 Å². The van der Waals surface area contributed by atoms with Crippen molar-refractivity contribution in [2.45, 2.75) is 39.7 Å². The molecular formula is C14H27N3O3. The highest BCUT2D eigenvalue weighted by atomic mass is 16.4. The highest BCUT2D eigenvalue weighted by Crippen LogP contribution is 2.21. The molecule has 0 aromatic carbocycles. The molecule has 0 bridgehead atoms. The quantitative estimate of drug-likeness (QED) is 0.762. The van der Waals surface area contributed by atoms with E-state index in [0.29, 0.717) is 32.6 Å². The Morgan fingerprint density at radius 1 is 1.20 bits per heavy atom. The first-order valence-corrected chi connectivity index (χ1v) is 7.15. The van der Waals surface area contributed by atoms with Crippen LogP contribution in [0.15, 0.2) is 0 Å². The number of amides is 1. The molecule has 0 aliphatic carbocycles. The van der Waals surface area contributed by atoms with Crippen LogP contribution < -0.4 is 5.73 Å². The van der Waals surface area contributed by atoms with Crippen molar-refractivity contribution in [3.8, 4) is 0 Å². The van der Waals surface area contributed by atoms with Crippen molar-refractivity contribution in [1.29, 1.82) is 0 Å². The summed E-state index contributed by atoms with van der Waals surface area (Å²) in [6.45, 7) is 8.80. The van der Waals surface area contributed by atoms with Crippen LogP contribution in [0.4, 0.5) is 0 Å². The molecule has 20 heavy (non-hydrogen) atoms. The van der Waals surface area contributed by atoms with Gasteiger partial charge < -0.3 is 15.7 Å². The van der Waals surface area contributed by atoms with Gasteiger partial charge in [-0.25, -0.2) is 0 Å². The molecule has 0 aromatic rings. The van der Waals surface area contributed by atoms with E-state index in [0.717, 1.165) is 6.42 Å². The first-order valence-electron chi connectivity index (χ1n) is 7.15. The lowest BCUT2D eigenvalue weighted by atomic mass is 9.87. The molecule has 0 aromatic heterocycles. The largest absolute Gasteiger partial charge is 0.480 e. The van der Waals surface area contributed by atoms with Crippen molar-refractivity contribution >= 4 is 11.9 Å². The molecule has 1 rings (SSSR count). The second kappa shape index (κ2) is 7.04. The Hall–Kier alpha value is -1.14. The molecule has 3 N–H and O–H groups in total. The summed E-state index contributed by atoms with van der Waals surface area (Å²) in [5.74, 6) is -0.742. The van der Waals surface area contributed by atoms with E-state index in [4.69, 9.17) is 10.8 Å². The van der Waals surface area contributed by atoms with E-state index in [1.165, 1.54) is 0 Å². The molecule has 0 radical (unpaired) electrons. The van der Waals surface area contributed by atoms with Crippen molar-refractivity contribution in [3.63, 3.8) is 0 Å². The van der Waals surface area contributed by atoms with Gasteiger partial charge in [-0.2, -0.15) is 0 Å². The molecule has 1 unspecified atom stereocenters. The van der Waals surface area contributed by atoms with Crippen LogP contribution in [0.5, 0.6) is 0 Å². The SMILES string of the molecule is CC(C)(C)CC(N)CC(=O)N1CCN(CC(=O)O)CC1. The number of carbonyl (C=O) groups excluding carboxylic acids is 1. The second-order valence-corrected chi connectivity index (χ2v) is 6.78. The standard InChI is InChI=1S/C14H27N3O3/c1-14(2,3)9-11(15)8-12(18)17-6-4-16(5-7-17)10-13(19)20/h11H,4-10,15H2,1-3H3,(H,19,20). The average molecular weight is 285 g/mol. The summed E-state index contributed by atoms with van der Waals surface area (Å²) in [5.41, 5.74) is 6.15. The van der Waals surface area contributed by atoms with Crippen molar-refractivity contribution in [3.05, 3.63) is 0 Å². The van der Waals surface area contributed by atoms with Gasteiger partial charge in [0.25, 0.3) is 0 Å². The predicted octanol–water partition coefficient (Wildman–Crippen LogP) is 0.369. The Morgan fingerprint density at radius 3 is 2.20 bits per heavy atom. The highest BCUT2D eigenvalue weighted by Gasteiger charge is 2.24. The maximum Gasteiger partial charge on any atom is 0.317 e. The van der Waals surface area contributed by atoms with E-state index in [2.05, 4.69) is 20.8 Å². The van der Waals surface area contributed by atoms with Crippen molar-refractivity contribution in [2.75, 3.05) is 32.7 Å². The van der Waals surface area contributed by atoms with E-state index in [1.54, 1.807) is 4.90 Å². The normalized spacial score (nSPS) is 18.9. The number of rotatable bonds is 5. The van der Waals surface area contributed by atoms with Crippen LogP contribution in [-0.4, -0.2) is 65.5 Å². The Kier molecular flexibility index (Phi) is 5.95. The Labute approximate surface area is 120 Å². The van der Waals surface area contributed by atoms with E-state index in [9.17, 15) is 9.59 Å². The van der Waals surface area contributed by atoms with E-state index < -0.39 is 5.97 Å². The van der Waals surface area contributed by atoms with E-state index in [-0.39, 0.29) is 23.9 Å². The minimum Gasteiger partial charge on any atom is -0.480 e. The van der Waals surface area contributed by atoms with Crippen molar-refractivity contribution < 1.29 is 14.7 Å². The summed E-state index contributed by atoms with van der Waals surface area (Å²) >= 11 is 0. The van der Waals surface area contributed by atoms with Crippen LogP contribution in [0.2, 0.25) is 0 Å². The van der Waals surface area contributed by atoms with Crippen LogP contribution in [0, 0.1) is 5.41 Å². The average Bonchev–Trinajstić information content (AvgIpc) is 2.26. The smallest absolute Gasteiger partial charge is 0.317 e. The van der Waals surface area contributed by atoms with Gasteiger partial charge in [0.1, 0.15) is 0 Å². The molecule has 1 amide bonds. The molecule has 6 heteroatoms. The number of nitrogens with zero attached hydrogens (tertiary/aromatic N) is 2. The molecular weight excluding hydrogens is 258 g/mol. The summed E-state index contributed by atoms with van der Waals surface area (Å²) in [6.07, 6.45) is 1.19. The minimum atomic E-state index is -0.822. The number of carboxylic acid groups (broad SMARTS) is 1. The van der Waals surface area contributed by atoms with Gasteiger partial charge in [-0.05, 0) is 11.8 Å². The minimum absolute atomic E-state index is 0.0472. The summed E-state index contributed by atoms with van der Waals surface area (Å²) in [6, 6.07) is -0.112. The van der Waals surface area contributed by atoms with Gasteiger partial charge in [0.2, 0.25) is 5.91 Å². The second-order valence-electron chi connectivity index (χ2n) is 6.78. The molecule has 1 heterocycles. The maximum absolute atomic E-state index is 12.1. The third-order valence-corrected chi connectivity index (χ3v) is 3.40. The first-order chi connectivity index (χ1) is 9.17. The third kappa shape index (κ3) is 6.34. The van der Waals surface area contributed by atoms with Crippen LogP contribution in [-0.2, 0) is 9.59 Å². The molecule has 1 aliphatic heterocycles. The Morgan fingerprint density at radius 2 is 1.75 bits per heavy atom. The molecule has 116 valence electrons. The number of hydrogen-bond donors (Lipinski definition) is 2. The fraction of sp³-hybridized carbons (Fsp3) is 0.857. The van der Waals surface area contributed by atoms with Gasteiger partial charge >= 0.3 is 5.97 Å². The van der Waals surface area contributed by atoms with Gasteiger partial charge in [-0.1, -0.05) is 20.8 Å². The highest BCUT2D eigenvalue weighted by molar-refractivity contribution is 5.77. The fourth-order valence-corrected chi connectivity index (χ4v) is 2.56. The van der Waals surface area contributed by atoms with Crippen LogP contribution in [0.3, 0.4) is 0 Å². The lowest BCUT2D eigenvalue weighted by molar-refractivity contribution is -0.139. The van der Waals surface area contributed by atoms with Crippen LogP contribution in [0.25, 0.3) is 0 Å². The predicted molar refractivity (Wildman–Crippen MR) is 77.3 cm³/mol. The number of hydrogen-bond acceptors (Lipinski definition) is 4. The van der Waals surface area contributed by atoms with Crippen LogP contribution >= 0.6 is 0 Å². The molecule has 1 aliphatic rings. The summed E-state index contributed by atoms with van der Waals surface area (Å²) in [4.78, 5) is 26.4. The molecule has 0 saturated carbocycles. The van der Waals surface area contributed by atoms with Crippen molar-refractivity contribution in [2.24, 2.45) is 11.1 Å². The Balaban J connectivity index is 2.34. The fourth-order valence-electron chi connectivity index (χ4n) is 2.56. The number of carbonyl (C=O) groups is 2. The lowest BCUT2D eigenvalue weighted by Gasteiger charge is -2.34. The Bertz CT molecular complexity index is 344. The maximum atomic E-state index is 12.1. The molecule has 1 fully saturated rings. The zero-order chi connectivity index (χ0) is 15.3. The number of carboxylic acids is 1. The molecule has 1 saturated heterocycles. The van der Waals surface area contributed by atoms with Gasteiger partial charge in [-0.3, -0.25) is 14.5 Å². The molecule has 1 atom stereocenters. The van der Waals surface area contributed by atoms with Gasteiger partial charge in [0.05, 0.1) is 6.54 Å². The van der Waals surface area contributed by atoms with Gasteiger partial charge in [0.15, 0.2) is 0 Å².